The molecule has 0 N–H and O–H groups in total. The van der Waals surface area contributed by atoms with Gasteiger partial charge >= 0.3 is 107 Å². The van der Waals surface area contributed by atoms with E-state index in [0.29, 0.717) is 0 Å². The van der Waals surface area contributed by atoms with Crippen molar-refractivity contribution in [1.82, 2.24) is 0 Å². The summed E-state index contributed by atoms with van der Waals surface area (Å²) in [5.74, 6) is -0.271. The molecule has 0 saturated carbocycles. The monoisotopic (exact) mass is 334 g/mol. The van der Waals surface area contributed by atoms with Crippen LogP contribution >= 0.6 is 0 Å². The van der Waals surface area contributed by atoms with Gasteiger partial charge in [-0.1, -0.05) is 0 Å². The zero-order valence-electron chi connectivity index (χ0n) is 10.0. The first-order valence-electron chi connectivity index (χ1n) is 5.03. The van der Waals surface area contributed by atoms with Gasteiger partial charge in [0.2, 0.25) is 0 Å². The molecule has 0 aromatic heterocycles. The summed E-state index contributed by atoms with van der Waals surface area (Å²) in [7, 11) is 1.40. The van der Waals surface area contributed by atoms with E-state index in [1.54, 1.807) is 0 Å². The van der Waals surface area contributed by atoms with Gasteiger partial charge in [0.05, 0.1) is 0 Å². The van der Waals surface area contributed by atoms with Crippen LogP contribution in [0.25, 0.3) is 0 Å². The summed E-state index contributed by atoms with van der Waals surface area (Å²) in [5.41, 5.74) is 3.95. The average molecular weight is 332 g/mol. The average Bonchev–Trinajstić information content (AvgIpc) is 2.21. The quantitative estimate of drug-likeness (QED) is 0.478. The van der Waals surface area contributed by atoms with Crippen molar-refractivity contribution in [2.24, 2.45) is 0 Å². The topological polar surface area (TPSA) is 26.3 Å². The van der Waals surface area contributed by atoms with Crippen LogP contribution in [0.5, 0.6) is 0 Å². The van der Waals surface area contributed by atoms with Crippen LogP contribution in [0.4, 0.5) is 0 Å². The second-order valence-electron chi connectivity index (χ2n) is 3.67. The molecule has 1 aromatic rings. The Morgan fingerprint density at radius 1 is 1.25 bits per heavy atom. The molecule has 0 radical (unpaired) electrons. The third-order valence-corrected chi connectivity index (χ3v) is 5.48. The van der Waals surface area contributed by atoms with Crippen molar-refractivity contribution in [3.05, 3.63) is 39.0 Å². The molecule has 0 atom stereocenters. The van der Waals surface area contributed by atoms with E-state index in [-0.39, 0.29) is 5.97 Å². The summed E-state index contributed by atoms with van der Waals surface area (Å²) in [5, 5.41) is 0. The first kappa shape index (κ1) is 13.3. The molecule has 16 heavy (non-hydrogen) atoms. The summed E-state index contributed by atoms with van der Waals surface area (Å²) >= 11 is -0.436. The summed E-state index contributed by atoms with van der Waals surface area (Å²) in [6.45, 7) is 6.37. The van der Waals surface area contributed by atoms with Crippen LogP contribution in [-0.4, -0.2) is 34.0 Å². The van der Waals surface area contributed by atoms with Gasteiger partial charge in [-0.25, -0.2) is 0 Å². The van der Waals surface area contributed by atoms with Crippen LogP contribution in [0.1, 0.15) is 16.7 Å². The second kappa shape index (κ2) is 6.08. The Labute approximate surface area is 107 Å². The molecule has 0 amide bonds. The van der Waals surface area contributed by atoms with Crippen molar-refractivity contribution in [3.8, 4) is 0 Å². The third-order valence-electron chi connectivity index (χ3n) is 2.20. The predicted molar refractivity (Wildman–Crippen MR) is 67.2 cm³/mol. The SMILES string of the molecule is COC(=O)/C=C\[Te]c1c(C)cc(C)cc1C. The molecule has 0 saturated heterocycles. The molecular weight excluding hydrogens is 316 g/mol. The van der Waals surface area contributed by atoms with Gasteiger partial charge in [-0.15, -0.1) is 0 Å². The van der Waals surface area contributed by atoms with Crippen molar-refractivity contribution in [3.63, 3.8) is 0 Å². The number of hydrogen-bond acceptors (Lipinski definition) is 2. The van der Waals surface area contributed by atoms with E-state index in [4.69, 9.17) is 0 Å². The second-order valence-corrected chi connectivity index (χ2v) is 6.29. The Hall–Kier alpha value is -0.780. The van der Waals surface area contributed by atoms with E-state index in [1.807, 2.05) is 4.12 Å². The first-order chi connectivity index (χ1) is 7.54. The molecule has 0 heterocycles. The zero-order valence-corrected chi connectivity index (χ0v) is 12.4. The number of esters is 1. The molecule has 3 heteroatoms. The Balaban J connectivity index is 2.82. The molecule has 0 fully saturated rings. The fraction of sp³-hybridized carbons (Fsp3) is 0.308. The zero-order chi connectivity index (χ0) is 12.1. The Kier molecular flexibility index (Phi) is 5.05. The van der Waals surface area contributed by atoms with Crippen molar-refractivity contribution in [2.45, 2.75) is 20.8 Å². The number of methoxy groups -OCH3 is 1. The maximum atomic E-state index is 10.9. The molecule has 0 unspecified atom stereocenters. The van der Waals surface area contributed by atoms with Crippen LogP contribution in [0.2, 0.25) is 0 Å². The van der Waals surface area contributed by atoms with Crippen LogP contribution in [0.3, 0.4) is 0 Å². The predicted octanol–water partition coefficient (Wildman–Crippen LogP) is 1.63. The summed E-state index contributed by atoms with van der Waals surface area (Å²) in [6.07, 6.45) is 1.53. The summed E-state index contributed by atoms with van der Waals surface area (Å²) < 4.78 is 7.95. The number of hydrogen-bond donors (Lipinski definition) is 0. The number of rotatable bonds is 3. The third kappa shape index (κ3) is 3.66. The van der Waals surface area contributed by atoms with Crippen LogP contribution in [0, 0.1) is 20.8 Å². The normalized spacial score (nSPS) is 10.8. The van der Waals surface area contributed by atoms with Gasteiger partial charge in [-0.3, -0.25) is 0 Å². The van der Waals surface area contributed by atoms with Gasteiger partial charge < -0.3 is 0 Å². The molecule has 0 aliphatic carbocycles. The Morgan fingerprint density at radius 2 is 1.81 bits per heavy atom. The molecule has 0 aliphatic rings. The minimum atomic E-state index is -0.436. The Bertz CT molecular complexity index is 399. The van der Waals surface area contributed by atoms with E-state index in [1.165, 1.54) is 33.5 Å². The molecule has 2 nitrogen and oxygen atoms in total. The summed E-state index contributed by atoms with van der Waals surface area (Å²) in [6, 6.07) is 4.39. The fourth-order valence-corrected chi connectivity index (χ4v) is 3.88. The number of benzene rings is 1. The molecule has 0 spiro atoms. The van der Waals surface area contributed by atoms with Gasteiger partial charge in [-0.05, 0) is 0 Å². The Morgan fingerprint density at radius 3 is 2.31 bits per heavy atom. The van der Waals surface area contributed by atoms with E-state index in [0.717, 1.165) is 0 Å². The van der Waals surface area contributed by atoms with Gasteiger partial charge in [0.25, 0.3) is 0 Å². The molecule has 1 aromatic carbocycles. The van der Waals surface area contributed by atoms with Gasteiger partial charge in [0.1, 0.15) is 0 Å². The standard InChI is InChI=1S/C13H16O2Te/c1-9-7-10(2)13(11(3)8-9)16-6-5-12(14)15-4/h5-8H,1-4H3/b6-5-. The molecule has 0 bridgehead atoms. The molecule has 1 rings (SSSR count). The molecule has 0 aliphatic heterocycles. The number of carbonyl (C=O) groups excluding carboxylic acids is 1. The van der Waals surface area contributed by atoms with Crippen LogP contribution in [0.15, 0.2) is 22.3 Å². The molecule has 86 valence electrons. The van der Waals surface area contributed by atoms with Crippen LogP contribution in [-0.2, 0) is 9.53 Å². The van der Waals surface area contributed by atoms with Crippen molar-refractivity contribution >= 4 is 30.5 Å². The fourth-order valence-electron chi connectivity index (χ4n) is 1.58. The van der Waals surface area contributed by atoms with Gasteiger partial charge in [0.15, 0.2) is 0 Å². The number of ether oxygens (including phenoxy) is 1. The first-order valence-corrected chi connectivity index (χ1v) is 7.54. The van der Waals surface area contributed by atoms with Crippen molar-refractivity contribution in [1.29, 1.82) is 0 Å². The van der Waals surface area contributed by atoms with E-state index < -0.39 is 20.9 Å². The van der Waals surface area contributed by atoms with Crippen molar-refractivity contribution < 1.29 is 9.53 Å². The number of carbonyl (C=O) groups is 1. The molecular formula is C13H16O2Te. The van der Waals surface area contributed by atoms with E-state index in [2.05, 4.69) is 37.6 Å². The van der Waals surface area contributed by atoms with E-state index in [9.17, 15) is 4.79 Å². The summed E-state index contributed by atoms with van der Waals surface area (Å²) in [4.78, 5) is 10.9. The van der Waals surface area contributed by atoms with Gasteiger partial charge in [-0.2, -0.15) is 0 Å². The van der Waals surface area contributed by atoms with E-state index >= 15 is 0 Å². The minimum absolute atomic E-state index is 0.271. The maximum absolute atomic E-state index is 10.9. The van der Waals surface area contributed by atoms with Crippen molar-refractivity contribution in [2.75, 3.05) is 7.11 Å². The number of aryl methyl sites for hydroxylation is 3. The van der Waals surface area contributed by atoms with Crippen LogP contribution < -0.4 is 3.61 Å². The van der Waals surface area contributed by atoms with Gasteiger partial charge in [0, 0.05) is 0 Å².